The van der Waals surface area contributed by atoms with Crippen molar-refractivity contribution in [1.29, 1.82) is 0 Å². The monoisotopic (exact) mass is 186 g/mol. The fourth-order valence-electron chi connectivity index (χ4n) is 1.45. The SMILES string of the molecule is CC(=O)SCC1CCCCC1=O. The first kappa shape index (κ1) is 9.78. The molecule has 1 unspecified atom stereocenters. The maximum Gasteiger partial charge on any atom is 0.185 e. The molecule has 1 saturated carbocycles. The van der Waals surface area contributed by atoms with Crippen LogP contribution in [-0.2, 0) is 9.59 Å². The van der Waals surface area contributed by atoms with Crippen LogP contribution in [0.3, 0.4) is 0 Å². The number of thioether (sulfide) groups is 1. The molecule has 0 spiro atoms. The van der Waals surface area contributed by atoms with Crippen molar-refractivity contribution in [3.05, 3.63) is 0 Å². The van der Waals surface area contributed by atoms with Gasteiger partial charge >= 0.3 is 0 Å². The lowest BCUT2D eigenvalue weighted by Crippen LogP contribution is -2.21. The van der Waals surface area contributed by atoms with Gasteiger partial charge in [-0.1, -0.05) is 18.2 Å². The molecule has 1 atom stereocenters. The number of hydrogen-bond acceptors (Lipinski definition) is 3. The molecule has 1 aliphatic carbocycles. The minimum atomic E-state index is 0.119. The number of carbonyl (C=O) groups is 2. The smallest absolute Gasteiger partial charge is 0.185 e. The molecule has 3 heteroatoms. The predicted octanol–water partition coefficient (Wildman–Crippen LogP) is 2.03. The molecule has 0 heterocycles. The summed E-state index contributed by atoms with van der Waals surface area (Å²) in [5.41, 5.74) is 0. The van der Waals surface area contributed by atoms with Crippen LogP contribution in [0.15, 0.2) is 0 Å². The van der Waals surface area contributed by atoms with Crippen LogP contribution in [0.25, 0.3) is 0 Å². The highest BCUT2D eigenvalue weighted by molar-refractivity contribution is 8.13. The van der Waals surface area contributed by atoms with Gasteiger partial charge in [-0.25, -0.2) is 0 Å². The van der Waals surface area contributed by atoms with E-state index in [-0.39, 0.29) is 11.0 Å². The van der Waals surface area contributed by atoms with E-state index in [1.54, 1.807) is 6.92 Å². The van der Waals surface area contributed by atoms with Gasteiger partial charge in [-0.05, 0) is 12.8 Å². The van der Waals surface area contributed by atoms with Gasteiger partial charge in [-0.15, -0.1) is 0 Å². The highest BCUT2D eigenvalue weighted by atomic mass is 32.2. The number of rotatable bonds is 2. The fraction of sp³-hybridized carbons (Fsp3) is 0.778. The van der Waals surface area contributed by atoms with Gasteiger partial charge in [-0.3, -0.25) is 9.59 Å². The Bertz CT molecular complexity index is 189. The first-order valence-electron chi connectivity index (χ1n) is 4.36. The predicted molar refractivity (Wildman–Crippen MR) is 50.1 cm³/mol. The summed E-state index contributed by atoms with van der Waals surface area (Å²) in [5, 5.41) is 0.119. The van der Waals surface area contributed by atoms with E-state index in [4.69, 9.17) is 0 Å². The van der Waals surface area contributed by atoms with Crippen molar-refractivity contribution >= 4 is 22.7 Å². The van der Waals surface area contributed by atoms with Crippen molar-refractivity contribution in [2.75, 3.05) is 5.75 Å². The number of ketones is 1. The van der Waals surface area contributed by atoms with Crippen LogP contribution in [0.2, 0.25) is 0 Å². The molecular weight excluding hydrogens is 172 g/mol. The van der Waals surface area contributed by atoms with Crippen LogP contribution < -0.4 is 0 Å². The summed E-state index contributed by atoms with van der Waals surface area (Å²) in [4.78, 5) is 21.9. The van der Waals surface area contributed by atoms with E-state index >= 15 is 0 Å². The molecule has 12 heavy (non-hydrogen) atoms. The molecule has 0 amide bonds. The quantitative estimate of drug-likeness (QED) is 0.661. The first-order valence-corrected chi connectivity index (χ1v) is 5.35. The van der Waals surface area contributed by atoms with E-state index in [0.29, 0.717) is 11.5 Å². The Morgan fingerprint density at radius 2 is 2.33 bits per heavy atom. The Hall–Kier alpha value is -0.310. The van der Waals surface area contributed by atoms with Crippen molar-refractivity contribution in [3.8, 4) is 0 Å². The second-order valence-corrected chi connectivity index (χ2v) is 4.41. The summed E-state index contributed by atoms with van der Waals surface area (Å²) in [5.74, 6) is 1.22. The molecule has 0 radical (unpaired) electrons. The Morgan fingerprint density at radius 1 is 1.58 bits per heavy atom. The summed E-state index contributed by atoms with van der Waals surface area (Å²) in [7, 11) is 0. The van der Waals surface area contributed by atoms with Crippen molar-refractivity contribution < 1.29 is 9.59 Å². The normalized spacial score (nSPS) is 24.1. The molecule has 0 saturated heterocycles. The summed E-state index contributed by atoms with van der Waals surface area (Å²) in [6.45, 7) is 1.55. The number of carbonyl (C=O) groups excluding carboxylic acids is 2. The van der Waals surface area contributed by atoms with Gasteiger partial charge in [0.25, 0.3) is 0 Å². The molecule has 0 aromatic carbocycles. The minimum Gasteiger partial charge on any atom is -0.299 e. The summed E-state index contributed by atoms with van der Waals surface area (Å²) >= 11 is 1.28. The average Bonchev–Trinajstić information content (AvgIpc) is 2.03. The third-order valence-corrected chi connectivity index (χ3v) is 3.14. The standard InChI is InChI=1S/C9H14O2S/c1-7(10)12-6-8-4-2-3-5-9(8)11/h8H,2-6H2,1H3. The largest absolute Gasteiger partial charge is 0.299 e. The third-order valence-electron chi connectivity index (χ3n) is 2.17. The lowest BCUT2D eigenvalue weighted by molar-refractivity contribution is -0.123. The van der Waals surface area contributed by atoms with Crippen molar-refractivity contribution in [1.82, 2.24) is 0 Å². The summed E-state index contributed by atoms with van der Waals surface area (Å²) in [6, 6.07) is 0. The molecule has 0 N–H and O–H groups in total. The zero-order valence-electron chi connectivity index (χ0n) is 7.34. The van der Waals surface area contributed by atoms with Crippen LogP contribution in [-0.4, -0.2) is 16.7 Å². The molecule has 0 aromatic rings. The second-order valence-electron chi connectivity index (χ2n) is 3.21. The van der Waals surface area contributed by atoms with Crippen LogP contribution in [0, 0.1) is 5.92 Å². The lowest BCUT2D eigenvalue weighted by Gasteiger charge is -2.18. The first-order chi connectivity index (χ1) is 5.70. The highest BCUT2D eigenvalue weighted by Crippen LogP contribution is 2.24. The van der Waals surface area contributed by atoms with Crippen LogP contribution in [0.5, 0.6) is 0 Å². The van der Waals surface area contributed by atoms with Crippen LogP contribution >= 0.6 is 11.8 Å². The average molecular weight is 186 g/mol. The van der Waals surface area contributed by atoms with E-state index < -0.39 is 0 Å². The van der Waals surface area contributed by atoms with E-state index in [1.807, 2.05) is 0 Å². The van der Waals surface area contributed by atoms with Crippen LogP contribution in [0.1, 0.15) is 32.6 Å². The maximum absolute atomic E-state index is 11.3. The van der Waals surface area contributed by atoms with Gasteiger partial charge < -0.3 is 0 Å². The van der Waals surface area contributed by atoms with E-state index in [9.17, 15) is 9.59 Å². The van der Waals surface area contributed by atoms with Gasteiger partial charge in [-0.2, -0.15) is 0 Å². The summed E-state index contributed by atoms with van der Waals surface area (Å²) < 4.78 is 0. The van der Waals surface area contributed by atoms with E-state index in [2.05, 4.69) is 0 Å². The van der Waals surface area contributed by atoms with Crippen molar-refractivity contribution in [2.45, 2.75) is 32.6 Å². The molecule has 1 aliphatic rings. The second kappa shape index (κ2) is 4.65. The summed E-state index contributed by atoms with van der Waals surface area (Å²) in [6.07, 6.45) is 3.90. The topological polar surface area (TPSA) is 34.1 Å². The number of Topliss-reactive ketones (excluding diaryl/α,β-unsaturated/α-hetero) is 1. The minimum absolute atomic E-state index is 0.119. The number of hydrogen-bond donors (Lipinski definition) is 0. The molecule has 1 rings (SSSR count). The molecular formula is C9H14O2S. The van der Waals surface area contributed by atoms with Gasteiger partial charge in [0.05, 0.1) is 0 Å². The van der Waals surface area contributed by atoms with Crippen molar-refractivity contribution in [3.63, 3.8) is 0 Å². The van der Waals surface area contributed by atoms with Gasteiger partial charge in [0.2, 0.25) is 0 Å². The molecule has 1 fully saturated rings. The molecule has 0 aromatic heterocycles. The van der Waals surface area contributed by atoms with E-state index in [0.717, 1.165) is 25.7 Å². The van der Waals surface area contributed by atoms with Crippen molar-refractivity contribution in [2.24, 2.45) is 5.92 Å². The molecule has 2 nitrogen and oxygen atoms in total. The Labute approximate surface area is 77.1 Å². The van der Waals surface area contributed by atoms with Gasteiger partial charge in [0, 0.05) is 25.0 Å². The molecule has 0 aliphatic heterocycles. The van der Waals surface area contributed by atoms with E-state index in [1.165, 1.54) is 11.8 Å². The third kappa shape index (κ3) is 2.97. The maximum atomic E-state index is 11.3. The van der Waals surface area contributed by atoms with Gasteiger partial charge in [0.1, 0.15) is 5.78 Å². The zero-order valence-corrected chi connectivity index (χ0v) is 8.15. The molecule has 68 valence electrons. The lowest BCUT2D eigenvalue weighted by atomic mass is 9.89. The Balaban J connectivity index is 2.29. The van der Waals surface area contributed by atoms with Crippen LogP contribution in [0.4, 0.5) is 0 Å². The molecule has 0 bridgehead atoms. The van der Waals surface area contributed by atoms with Gasteiger partial charge in [0.15, 0.2) is 5.12 Å². The Kier molecular flexibility index (Phi) is 3.79. The highest BCUT2D eigenvalue weighted by Gasteiger charge is 2.22. The zero-order chi connectivity index (χ0) is 8.97. The fourth-order valence-corrected chi connectivity index (χ4v) is 2.24. The Morgan fingerprint density at radius 3 is 2.92 bits per heavy atom.